The average molecular weight is 369 g/mol. The summed E-state index contributed by atoms with van der Waals surface area (Å²) in [5.41, 5.74) is 2.69. The summed E-state index contributed by atoms with van der Waals surface area (Å²) >= 11 is 0. The number of rotatable bonds is 6. The van der Waals surface area contributed by atoms with Gasteiger partial charge in [-0.25, -0.2) is 0 Å². The maximum atomic E-state index is 12.9. The first kappa shape index (κ1) is 19.2. The van der Waals surface area contributed by atoms with Crippen LogP contribution in [0.2, 0.25) is 0 Å². The van der Waals surface area contributed by atoms with Crippen LogP contribution < -0.4 is 4.74 Å². The third-order valence-corrected chi connectivity index (χ3v) is 5.08. The molecule has 1 aromatic heterocycles. The molecule has 1 saturated heterocycles. The van der Waals surface area contributed by atoms with Crippen LogP contribution in [-0.4, -0.2) is 65.8 Å². The summed E-state index contributed by atoms with van der Waals surface area (Å²) in [7, 11) is 0. The summed E-state index contributed by atoms with van der Waals surface area (Å²) in [5.74, 6) is 0.845. The van der Waals surface area contributed by atoms with E-state index in [1.54, 1.807) is 0 Å². The number of piperazine rings is 1. The Morgan fingerprint density at radius 2 is 1.74 bits per heavy atom. The molecule has 2 aromatic rings. The number of aromatic amines is 1. The predicted octanol–water partition coefficient (Wildman–Crippen LogP) is 2.67. The van der Waals surface area contributed by atoms with E-state index in [1.165, 1.54) is 6.92 Å². The fourth-order valence-corrected chi connectivity index (χ4v) is 3.56. The van der Waals surface area contributed by atoms with Crippen molar-refractivity contribution in [1.82, 2.24) is 14.8 Å². The fourth-order valence-electron chi connectivity index (χ4n) is 3.56. The van der Waals surface area contributed by atoms with Crippen LogP contribution in [0.3, 0.4) is 0 Å². The monoisotopic (exact) mass is 369 g/mol. The highest BCUT2D eigenvalue weighted by Crippen LogP contribution is 2.21. The molecule has 1 aromatic carbocycles. The second-order valence-electron chi connectivity index (χ2n) is 6.98. The van der Waals surface area contributed by atoms with Crippen LogP contribution in [0.4, 0.5) is 0 Å². The lowest BCUT2D eigenvalue weighted by Gasteiger charge is -2.34. The smallest absolute Gasteiger partial charge is 0.256 e. The number of nitrogens with zero attached hydrogens (tertiary/aromatic N) is 2. The Morgan fingerprint density at radius 3 is 2.33 bits per heavy atom. The Labute approximate surface area is 160 Å². The summed E-state index contributed by atoms with van der Waals surface area (Å²) in [4.78, 5) is 31.9. The molecule has 6 heteroatoms. The van der Waals surface area contributed by atoms with Gasteiger partial charge in [-0.2, -0.15) is 0 Å². The second-order valence-corrected chi connectivity index (χ2v) is 6.98. The van der Waals surface area contributed by atoms with Crippen molar-refractivity contribution in [2.45, 2.75) is 20.8 Å². The quantitative estimate of drug-likeness (QED) is 0.795. The number of ether oxygens (including phenoxy) is 1. The van der Waals surface area contributed by atoms with E-state index in [0.29, 0.717) is 31.0 Å². The van der Waals surface area contributed by atoms with E-state index in [2.05, 4.69) is 9.88 Å². The van der Waals surface area contributed by atoms with Crippen LogP contribution >= 0.6 is 0 Å². The zero-order valence-corrected chi connectivity index (χ0v) is 16.2. The minimum Gasteiger partial charge on any atom is -0.492 e. The lowest BCUT2D eigenvalue weighted by molar-refractivity contribution is 0.0619. The number of amides is 1. The van der Waals surface area contributed by atoms with Gasteiger partial charge in [0.15, 0.2) is 5.78 Å². The number of benzene rings is 1. The third kappa shape index (κ3) is 4.39. The molecule has 1 fully saturated rings. The van der Waals surface area contributed by atoms with Crippen LogP contribution in [0.25, 0.3) is 0 Å². The largest absolute Gasteiger partial charge is 0.492 e. The van der Waals surface area contributed by atoms with Crippen LogP contribution in [0.1, 0.15) is 39.0 Å². The highest BCUT2D eigenvalue weighted by molar-refractivity contribution is 6.02. The molecule has 1 aliphatic rings. The number of aromatic nitrogens is 1. The van der Waals surface area contributed by atoms with E-state index in [-0.39, 0.29) is 11.7 Å². The van der Waals surface area contributed by atoms with Gasteiger partial charge in [-0.05, 0) is 31.5 Å². The fraction of sp³-hybridized carbons (Fsp3) is 0.429. The summed E-state index contributed by atoms with van der Waals surface area (Å²) < 4.78 is 5.75. The Hall–Kier alpha value is -2.60. The van der Waals surface area contributed by atoms with Crippen molar-refractivity contribution in [1.29, 1.82) is 0 Å². The Balaban J connectivity index is 1.52. The van der Waals surface area contributed by atoms with E-state index in [9.17, 15) is 9.59 Å². The Morgan fingerprint density at radius 1 is 1.07 bits per heavy atom. The Kier molecular flexibility index (Phi) is 5.96. The van der Waals surface area contributed by atoms with Crippen molar-refractivity contribution >= 4 is 11.7 Å². The van der Waals surface area contributed by atoms with Crippen LogP contribution in [0, 0.1) is 13.8 Å². The number of carbonyl (C=O) groups is 2. The average Bonchev–Trinajstić information content (AvgIpc) is 2.97. The van der Waals surface area contributed by atoms with Gasteiger partial charge in [0.25, 0.3) is 5.91 Å². The predicted molar refractivity (Wildman–Crippen MR) is 105 cm³/mol. The molecule has 1 amide bonds. The molecule has 0 bridgehead atoms. The van der Waals surface area contributed by atoms with E-state index in [1.807, 2.05) is 49.1 Å². The summed E-state index contributed by atoms with van der Waals surface area (Å²) in [6.07, 6.45) is 0. The number of hydrogen-bond donors (Lipinski definition) is 1. The molecule has 0 spiro atoms. The third-order valence-electron chi connectivity index (χ3n) is 5.08. The van der Waals surface area contributed by atoms with Crippen molar-refractivity contribution < 1.29 is 14.3 Å². The molecule has 0 radical (unpaired) electrons. The summed E-state index contributed by atoms with van der Waals surface area (Å²) in [5, 5.41) is 0. The van der Waals surface area contributed by atoms with E-state index >= 15 is 0 Å². The lowest BCUT2D eigenvalue weighted by Crippen LogP contribution is -2.49. The first-order valence-corrected chi connectivity index (χ1v) is 9.37. The van der Waals surface area contributed by atoms with Gasteiger partial charge >= 0.3 is 0 Å². The van der Waals surface area contributed by atoms with Crippen molar-refractivity contribution in [3.8, 4) is 5.75 Å². The van der Waals surface area contributed by atoms with Gasteiger partial charge < -0.3 is 14.6 Å². The van der Waals surface area contributed by atoms with Gasteiger partial charge in [-0.1, -0.05) is 18.2 Å². The molecule has 1 N–H and O–H groups in total. The van der Waals surface area contributed by atoms with Crippen LogP contribution in [-0.2, 0) is 0 Å². The molecule has 3 rings (SSSR count). The van der Waals surface area contributed by atoms with Gasteiger partial charge in [0.05, 0.1) is 11.3 Å². The number of Topliss-reactive ketones (excluding diaryl/α,β-unsaturated/α-hetero) is 1. The minimum absolute atomic E-state index is 0.00827. The van der Waals surface area contributed by atoms with E-state index < -0.39 is 0 Å². The number of H-pyrrole nitrogens is 1. The maximum Gasteiger partial charge on any atom is 0.256 e. The van der Waals surface area contributed by atoms with Crippen molar-refractivity contribution in [2.75, 3.05) is 39.3 Å². The van der Waals surface area contributed by atoms with Crippen molar-refractivity contribution in [2.24, 2.45) is 0 Å². The van der Waals surface area contributed by atoms with Crippen LogP contribution in [0.15, 0.2) is 30.3 Å². The molecule has 6 nitrogen and oxygen atoms in total. The van der Waals surface area contributed by atoms with Gasteiger partial charge in [-0.3, -0.25) is 14.5 Å². The van der Waals surface area contributed by atoms with Gasteiger partial charge in [0.2, 0.25) is 0 Å². The molecule has 1 aliphatic heterocycles. The standard InChI is InChI=1S/C21H27N3O3/c1-15-19(16(2)22-20(15)17(3)25)21(26)24-11-9-23(10-12-24)13-14-27-18-7-5-4-6-8-18/h4-8,22H,9-14H2,1-3H3. The molecule has 0 aliphatic carbocycles. The van der Waals surface area contributed by atoms with Gasteiger partial charge in [-0.15, -0.1) is 0 Å². The van der Waals surface area contributed by atoms with E-state index in [4.69, 9.17) is 4.74 Å². The summed E-state index contributed by atoms with van der Waals surface area (Å²) in [6, 6.07) is 9.79. The minimum atomic E-state index is -0.0436. The number of carbonyl (C=O) groups excluding carboxylic acids is 2. The van der Waals surface area contributed by atoms with Crippen LogP contribution in [0.5, 0.6) is 5.75 Å². The maximum absolute atomic E-state index is 12.9. The molecule has 0 unspecified atom stereocenters. The van der Waals surface area contributed by atoms with Crippen molar-refractivity contribution in [3.63, 3.8) is 0 Å². The lowest BCUT2D eigenvalue weighted by atomic mass is 10.1. The Bertz CT molecular complexity index is 806. The molecule has 0 atom stereocenters. The molecule has 2 heterocycles. The van der Waals surface area contributed by atoms with Gasteiger partial charge in [0, 0.05) is 45.3 Å². The highest BCUT2D eigenvalue weighted by atomic mass is 16.5. The topological polar surface area (TPSA) is 65.6 Å². The molecule has 0 saturated carbocycles. The molecule has 27 heavy (non-hydrogen) atoms. The second kappa shape index (κ2) is 8.39. The highest BCUT2D eigenvalue weighted by Gasteiger charge is 2.27. The molecular formula is C21H27N3O3. The number of aryl methyl sites for hydroxylation is 1. The van der Waals surface area contributed by atoms with Gasteiger partial charge in [0.1, 0.15) is 12.4 Å². The first-order valence-electron chi connectivity index (χ1n) is 9.37. The number of nitrogens with one attached hydrogen (secondary N) is 1. The normalized spacial score (nSPS) is 15.0. The number of ketones is 1. The zero-order chi connectivity index (χ0) is 19.4. The molecular weight excluding hydrogens is 342 g/mol. The number of para-hydroxylation sites is 1. The molecule has 144 valence electrons. The zero-order valence-electron chi connectivity index (χ0n) is 16.2. The van der Waals surface area contributed by atoms with Crippen molar-refractivity contribution in [3.05, 3.63) is 52.8 Å². The summed E-state index contributed by atoms with van der Waals surface area (Å²) in [6.45, 7) is 9.70. The van der Waals surface area contributed by atoms with E-state index in [0.717, 1.165) is 36.6 Å². The SMILES string of the molecule is CC(=O)c1[nH]c(C)c(C(=O)N2CCN(CCOc3ccccc3)CC2)c1C. The first-order chi connectivity index (χ1) is 13.0. The number of hydrogen-bond acceptors (Lipinski definition) is 4.